The van der Waals surface area contributed by atoms with Gasteiger partial charge in [0.1, 0.15) is 5.75 Å². The van der Waals surface area contributed by atoms with Crippen LogP contribution in [0.3, 0.4) is 0 Å². The van der Waals surface area contributed by atoms with Crippen molar-refractivity contribution in [1.29, 1.82) is 0 Å². The molecule has 1 aromatic carbocycles. The Bertz CT molecular complexity index is 732. The first-order chi connectivity index (χ1) is 15.0. The quantitative estimate of drug-likeness (QED) is 0.113. The number of hydrogen-bond donors (Lipinski definition) is 0. The van der Waals surface area contributed by atoms with Crippen LogP contribution in [0.25, 0.3) is 0 Å². The van der Waals surface area contributed by atoms with E-state index in [-0.39, 0.29) is 23.0 Å². The second kappa shape index (κ2) is 13.6. The summed E-state index contributed by atoms with van der Waals surface area (Å²) in [4.78, 5) is 11.5. The van der Waals surface area contributed by atoms with Crippen LogP contribution >= 0.6 is 0 Å². The van der Waals surface area contributed by atoms with E-state index in [0.717, 1.165) is 17.7 Å². The van der Waals surface area contributed by atoms with Crippen molar-refractivity contribution in [1.82, 2.24) is 0 Å². The molecule has 5 nitrogen and oxygen atoms in total. The van der Waals surface area contributed by atoms with Gasteiger partial charge in [0, 0.05) is 12.7 Å². The highest BCUT2D eigenvalue weighted by Crippen LogP contribution is 2.38. The molecular formula is C26H42O5Si. The fourth-order valence-electron chi connectivity index (χ4n) is 2.78. The molecule has 0 amide bonds. The molecule has 0 aliphatic carbocycles. The van der Waals surface area contributed by atoms with Gasteiger partial charge in [-0.3, -0.25) is 0 Å². The third kappa shape index (κ3) is 10.2. The molecule has 2 atom stereocenters. The summed E-state index contributed by atoms with van der Waals surface area (Å²) in [6.45, 7) is 16.8. The molecular weight excluding hydrogens is 420 g/mol. The minimum Gasteiger partial charge on any atom is -0.497 e. The number of benzene rings is 1. The van der Waals surface area contributed by atoms with Gasteiger partial charge in [-0.05, 0) is 55.1 Å². The maximum atomic E-state index is 11.5. The molecule has 0 spiro atoms. The van der Waals surface area contributed by atoms with E-state index in [4.69, 9.17) is 18.6 Å². The number of hydrogen-bond acceptors (Lipinski definition) is 5. The summed E-state index contributed by atoms with van der Waals surface area (Å²) in [5.74, 6) is 0.695. The molecule has 1 aromatic rings. The van der Waals surface area contributed by atoms with Gasteiger partial charge in [0.2, 0.25) is 0 Å². The van der Waals surface area contributed by atoms with E-state index in [1.54, 1.807) is 20.1 Å². The van der Waals surface area contributed by atoms with E-state index < -0.39 is 8.32 Å². The fraction of sp³-hybridized carbons (Fsp3) is 0.577. The molecule has 0 N–H and O–H groups in total. The second-order valence-electron chi connectivity index (χ2n) is 9.46. The van der Waals surface area contributed by atoms with E-state index in [0.29, 0.717) is 19.8 Å². The smallest absolute Gasteiger partial charge is 0.330 e. The highest BCUT2D eigenvalue weighted by molar-refractivity contribution is 6.74. The van der Waals surface area contributed by atoms with E-state index in [1.807, 2.05) is 30.3 Å². The molecule has 1 rings (SSSR count). The molecule has 0 unspecified atom stereocenters. The predicted octanol–water partition coefficient (Wildman–Crippen LogP) is 6.30. The van der Waals surface area contributed by atoms with Crippen molar-refractivity contribution in [3.8, 4) is 5.75 Å². The zero-order valence-electron chi connectivity index (χ0n) is 21.1. The van der Waals surface area contributed by atoms with E-state index in [1.165, 1.54) is 6.08 Å². The molecule has 0 fully saturated rings. The summed E-state index contributed by atoms with van der Waals surface area (Å²) in [6.07, 6.45) is 7.97. The minimum absolute atomic E-state index is 0.0407. The lowest BCUT2D eigenvalue weighted by Gasteiger charge is -2.40. The van der Waals surface area contributed by atoms with Crippen LogP contribution in [0.15, 0.2) is 48.6 Å². The predicted molar refractivity (Wildman–Crippen MR) is 133 cm³/mol. The molecule has 0 radical (unpaired) electrons. The number of carbonyl (C=O) groups excluding carboxylic acids is 1. The number of methoxy groups -OCH3 is 1. The second-order valence-corrected chi connectivity index (χ2v) is 14.2. The van der Waals surface area contributed by atoms with Crippen LogP contribution in [-0.4, -0.2) is 40.7 Å². The Labute approximate surface area is 195 Å². The van der Waals surface area contributed by atoms with E-state index in [9.17, 15) is 4.79 Å². The molecule has 0 aliphatic heterocycles. The maximum absolute atomic E-state index is 11.5. The van der Waals surface area contributed by atoms with Crippen LogP contribution in [0.5, 0.6) is 5.75 Å². The van der Waals surface area contributed by atoms with Gasteiger partial charge in [0.15, 0.2) is 8.32 Å². The first-order valence-electron chi connectivity index (χ1n) is 11.4. The van der Waals surface area contributed by atoms with Gasteiger partial charge in [0.05, 0.1) is 26.4 Å². The molecule has 0 aliphatic rings. The van der Waals surface area contributed by atoms with Crippen molar-refractivity contribution in [3.05, 3.63) is 54.1 Å². The number of carbonyl (C=O) groups is 1. The molecule has 0 heterocycles. The van der Waals surface area contributed by atoms with Gasteiger partial charge < -0.3 is 18.6 Å². The van der Waals surface area contributed by atoms with Crippen LogP contribution in [0, 0.1) is 5.92 Å². The highest BCUT2D eigenvalue weighted by Gasteiger charge is 2.39. The lowest BCUT2D eigenvalue weighted by Crippen LogP contribution is -2.45. The van der Waals surface area contributed by atoms with E-state index >= 15 is 0 Å². The Morgan fingerprint density at radius 1 is 1.12 bits per heavy atom. The van der Waals surface area contributed by atoms with Crippen LogP contribution in [0.4, 0.5) is 0 Å². The molecule has 32 heavy (non-hydrogen) atoms. The van der Waals surface area contributed by atoms with Crippen LogP contribution in [-0.2, 0) is 25.3 Å². The van der Waals surface area contributed by atoms with Crippen LogP contribution < -0.4 is 4.74 Å². The average Bonchev–Trinajstić information content (AvgIpc) is 2.73. The van der Waals surface area contributed by atoms with Crippen molar-refractivity contribution >= 4 is 14.3 Å². The monoisotopic (exact) mass is 462 g/mol. The molecule has 180 valence electrons. The Balaban J connectivity index is 2.73. The summed E-state index contributed by atoms with van der Waals surface area (Å²) in [5, 5.41) is 0.127. The Morgan fingerprint density at radius 2 is 1.78 bits per heavy atom. The highest BCUT2D eigenvalue weighted by atomic mass is 28.4. The lowest BCUT2D eigenvalue weighted by molar-refractivity contribution is -0.137. The summed E-state index contributed by atoms with van der Waals surface area (Å²) in [5.41, 5.74) is 1.12. The van der Waals surface area contributed by atoms with Gasteiger partial charge in [-0.1, -0.05) is 58.1 Å². The first kappa shape index (κ1) is 28.1. The standard InChI is InChI=1S/C26H42O5Si/c1-9-30-25(27)13-11-10-12-21(2)24(31-32(7,8)26(3,4)5)18-19-29-20-22-14-16-23(28-6)17-15-22/h10-17,21,24H,9,18-20H2,1-8H3/b12-10+,13-11-/t21-,24+/m1/s1. The maximum Gasteiger partial charge on any atom is 0.330 e. The molecule has 0 saturated carbocycles. The van der Waals surface area contributed by atoms with Crippen LogP contribution in [0.1, 0.15) is 46.6 Å². The molecule has 0 bridgehead atoms. The average molecular weight is 463 g/mol. The van der Waals surface area contributed by atoms with Crippen molar-refractivity contribution in [3.63, 3.8) is 0 Å². The van der Waals surface area contributed by atoms with Gasteiger partial charge in [-0.2, -0.15) is 0 Å². The Kier molecular flexibility index (Phi) is 12.0. The van der Waals surface area contributed by atoms with Gasteiger partial charge >= 0.3 is 5.97 Å². The summed E-state index contributed by atoms with van der Waals surface area (Å²) >= 11 is 0. The van der Waals surface area contributed by atoms with Crippen molar-refractivity contribution < 1.29 is 23.4 Å². The topological polar surface area (TPSA) is 54.0 Å². The van der Waals surface area contributed by atoms with Crippen molar-refractivity contribution in [2.24, 2.45) is 5.92 Å². The van der Waals surface area contributed by atoms with Gasteiger partial charge in [-0.25, -0.2) is 4.79 Å². The first-order valence-corrected chi connectivity index (χ1v) is 14.3. The minimum atomic E-state index is -1.94. The van der Waals surface area contributed by atoms with Gasteiger partial charge in [0.25, 0.3) is 0 Å². The van der Waals surface area contributed by atoms with E-state index in [2.05, 4.69) is 46.9 Å². The largest absolute Gasteiger partial charge is 0.497 e. The number of ether oxygens (including phenoxy) is 3. The SMILES string of the molecule is CCOC(=O)/C=C\C=C\[C@@H](C)[C@H](CCOCc1ccc(OC)cc1)O[Si](C)(C)C(C)(C)C. The molecule has 0 saturated heterocycles. The lowest BCUT2D eigenvalue weighted by atomic mass is 10.0. The summed E-state index contributed by atoms with van der Waals surface area (Å²) in [7, 11) is -0.274. The number of allylic oxidation sites excluding steroid dienone is 2. The number of esters is 1. The number of rotatable bonds is 13. The van der Waals surface area contributed by atoms with Gasteiger partial charge in [-0.15, -0.1) is 0 Å². The van der Waals surface area contributed by atoms with Crippen molar-refractivity contribution in [2.75, 3.05) is 20.3 Å². The van der Waals surface area contributed by atoms with Crippen molar-refractivity contribution in [2.45, 2.75) is 71.9 Å². The summed E-state index contributed by atoms with van der Waals surface area (Å²) in [6, 6.07) is 7.92. The third-order valence-electron chi connectivity index (χ3n) is 5.86. The van der Waals surface area contributed by atoms with Crippen LogP contribution in [0.2, 0.25) is 18.1 Å². The zero-order valence-corrected chi connectivity index (χ0v) is 22.1. The third-order valence-corrected chi connectivity index (χ3v) is 10.4. The molecule has 6 heteroatoms. The summed E-state index contributed by atoms with van der Waals surface area (Å²) < 4.78 is 22.8. The normalized spacial score (nSPS) is 14.6. The Morgan fingerprint density at radius 3 is 2.34 bits per heavy atom. The Hall–Kier alpha value is -1.89. The fourth-order valence-corrected chi connectivity index (χ4v) is 4.23. The zero-order chi connectivity index (χ0) is 24.2. The molecule has 0 aromatic heterocycles.